The van der Waals surface area contributed by atoms with Gasteiger partial charge < -0.3 is 20.4 Å². The van der Waals surface area contributed by atoms with Crippen molar-refractivity contribution in [2.24, 2.45) is 17.1 Å². The van der Waals surface area contributed by atoms with Crippen LogP contribution in [0.3, 0.4) is 0 Å². The molecule has 9 heteroatoms. The molecule has 0 spiro atoms. The molecule has 1 fully saturated rings. The molecule has 33 heavy (non-hydrogen) atoms. The molecule has 1 amide bonds. The number of aromatic nitrogens is 4. The summed E-state index contributed by atoms with van der Waals surface area (Å²) in [5.74, 6) is 0.644. The number of nitrogens with zero attached hydrogens (tertiary/aromatic N) is 4. The number of nitrogens with two attached hydrogens (primary N) is 1. The predicted octanol–water partition coefficient (Wildman–Crippen LogP) is 2.66. The van der Waals surface area contributed by atoms with Crippen LogP contribution in [0.5, 0.6) is 5.75 Å². The topological polar surface area (TPSA) is 127 Å². The van der Waals surface area contributed by atoms with Gasteiger partial charge in [-0.1, -0.05) is 26.0 Å². The SMILES string of the molecule is CC(C)(C(N)=O)C1CCc2c(OCC3CCCN3c3ncnc4[nH]cnc34)cccc2C1=O. The zero-order chi connectivity index (χ0) is 23.2. The van der Waals surface area contributed by atoms with Gasteiger partial charge in [0, 0.05) is 23.6 Å². The molecule has 5 rings (SSSR count). The van der Waals surface area contributed by atoms with Crippen molar-refractivity contribution in [3.8, 4) is 5.75 Å². The second-order valence-electron chi connectivity index (χ2n) is 9.42. The third-order valence-corrected chi connectivity index (χ3v) is 7.18. The molecular weight excluding hydrogens is 420 g/mol. The number of rotatable bonds is 6. The summed E-state index contributed by atoms with van der Waals surface area (Å²) in [6.45, 7) is 4.86. The van der Waals surface area contributed by atoms with Crippen LogP contribution in [0.4, 0.5) is 5.82 Å². The van der Waals surface area contributed by atoms with Crippen molar-refractivity contribution in [3.05, 3.63) is 42.0 Å². The van der Waals surface area contributed by atoms with Crippen LogP contribution in [0.15, 0.2) is 30.9 Å². The minimum atomic E-state index is -0.884. The third kappa shape index (κ3) is 3.61. The number of hydrogen-bond donors (Lipinski definition) is 2. The molecule has 1 aromatic carbocycles. The Hall–Kier alpha value is -3.49. The number of amides is 1. The molecule has 1 saturated heterocycles. The fraction of sp³-hybridized carbons (Fsp3) is 0.458. The molecule has 2 atom stereocenters. The first kappa shape index (κ1) is 21.4. The maximum absolute atomic E-state index is 13.2. The summed E-state index contributed by atoms with van der Waals surface area (Å²) in [6.07, 6.45) is 6.46. The van der Waals surface area contributed by atoms with Gasteiger partial charge in [0.15, 0.2) is 17.2 Å². The maximum atomic E-state index is 13.2. The van der Waals surface area contributed by atoms with Gasteiger partial charge in [-0.3, -0.25) is 9.59 Å². The summed E-state index contributed by atoms with van der Waals surface area (Å²) in [6, 6.07) is 5.74. The lowest BCUT2D eigenvalue weighted by Gasteiger charge is -2.34. The Morgan fingerprint density at radius 2 is 2.12 bits per heavy atom. The van der Waals surface area contributed by atoms with Gasteiger partial charge in [-0.2, -0.15) is 0 Å². The molecule has 0 bridgehead atoms. The van der Waals surface area contributed by atoms with E-state index in [1.54, 1.807) is 26.5 Å². The minimum Gasteiger partial charge on any atom is -0.491 e. The Morgan fingerprint density at radius 3 is 2.94 bits per heavy atom. The van der Waals surface area contributed by atoms with Crippen LogP contribution in [0.25, 0.3) is 11.2 Å². The van der Waals surface area contributed by atoms with E-state index in [9.17, 15) is 9.59 Å². The van der Waals surface area contributed by atoms with E-state index in [2.05, 4.69) is 24.8 Å². The van der Waals surface area contributed by atoms with E-state index >= 15 is 0 Å². The molecule has 3 heterocycles. The number of aromatic amines is 1. The minimum absolute atomic E-state index is 0.0325. The zero-order valence-corrected chi connectivity index (χ0v) is 18.9. The van der Waals surface area contributed by atoms with Crippen LogP contribution < -0.4 is 15.4 Å². The fourth-order valence-electron chi connectivity index (χ4n) is 5.09. The Labute approximate surface area is 191 Å². The Morgan fingerprint density at radius 1 is 1.27 bits per heavy atom. The molecular formula is C24H28N6O3. The standard InChI is InChI=1S/C24H28N6O3/c1-24(2,23(25)32)17-9-8-15-16(20(17)31)6-3-7-18(15)33-11-14-5-4-10-30(14)22-19-21(27-12-26-19)28-13-29-22/h3,6-7,12-14,17H,4-5,8-11H2,1-2H3,(H2,25,32)(H,26,27,28,29). The largest absolute Gasteiger partial charge is 0.491 e. The number of primary amides is 1. The van der Waals surface area contributed by atoms with Gasteiger partial charge in [-0.05, 0) is 31.7 Å². The van der Waals surface area contributed by atoms with E-state index < -0.39 is 17.2 Å². The van der Waals surface area contributed by atoms with Crippen molar-refractivity contribution in [2.75, 3.05) is 18.1 Å². The molecule has 3 aromatic rings. The average molecular weight is 449 g/mol. The number of H-pyrrole nitrogens is 1. The normalized spacial score (nSPS) is 20.8. The van der Waals surface area contributed by atoms with Crippen LogP contribution in [0, 0.1) is 11.3 Å². The summed E-state index contributed by atoms with van der Waals surface area (Å²) in [5, 5.41) is 0. The van der Waals surface area contributed by atoms with Crippen molar-refractivity contribution >= 4 is 28.7 Å². The molecule has 2 aliphatic rings. The molecule has 1 aliphatic carbocycles. The summed E-state index contributed by atoms with van der Waals surface area (Å²) in [5.41, 5.74) is 7.73. The number of carbonyl (C=O) groups excluding carboxylic acids is 2. The molecule has 0 radical (unpaired) electrons. The van der Waals surface area contributed by atoms with Crippen molar-refractivity contribution in [2.45, 2.75) is 45.6 Å². The van der Waals surface area contributed by atoms with E-state index in [0.717, 1.165) is 47.7 Å². The van der Waals surface area contributed by atoms with E-state index in [0.29, 0.717) is 25.0 Å². The number of hydrogen-bond acceptors (Lipinski definition) is 7. The highest BCUT2D eigenvalue weighted by molar-refractivity contribution is 6.03. The second kappa shape index (κ2) is 8.13. The van der Waals surface area contributed by atoms with Crippen LogP contribution >= 0.6 is 0 Å². The van der Waals surface area contributed by atoms with Gasteiger partial charge in [0.2, 0.25) is 5.91 Å². The first-order valence-electron chi connectivity index (χ1n) is 11.4. The Bertz CT molecular complexity index is 1220. The highest BCUT2D eigenvalue weighted by atomic mass is 16.5. The number of carbonyl (C=O) groups is 2. The van der Waals surface area contributed by atoms with Crippen LogP contribution in [-0.4, -0.2) is 50.8 Å². The average Bonchev–Trinajstić information content (AvgIpc) is 3.47. The number of ether oxygens (including phenoxy) is 1. The summed E-state index contributed by atoms with van der Waals surface area (Å²) in [7, 11) is 0. The van der Waals surface area contributed by atoms with Crippen LogP contribution in [0.2, 0.25) is 0 Å². The number of ketones is 1. The number of fused-ring (bicyclic) bond motifs is 2. The molecule has 1 aliphatic heterocycles. The first-order chi connectivity index (χ1) is 15.9. The predicted molar refractivity (Wildman–Crippen MR) is 123 cm³/mol. The van der Waals surface area contributed by atoms with Gasteiger partial charge in [-0.15, -0.1) is 0 Å². The van der Waals surface area contributed by atoms with E-state index in [4.69, 9.17) is 10.5 Å². The number of imidazole rings is 1. The smallest absolute Gasteiger partial charge is 0.223 e. The van der Waals surface area contributed by atoms with Crippen LogP contribution in [0.1, 0.15) is 49.0 Å². The van der Waals surface area contributed by atoms with Crippen molar-refractivity contribution in [3.63, 3.8) is 0 Å². The molecule has 2 aromatic heterocycles. The Balaban J connectivity index is 1.35. The van der Waals surface area contributed by atoms with Gasteiger partial charge in [0.05, 0.1) is 17.8 Å². The lowest BCUT2D eigenvalue weighted by molar-refractivity contribution is -0.128. The van der Waals surface area contributed by atoms with Gasteiger partial charge in [0.1, 0.15) is 24.2 Å². The fourth-order valence-corrected chi connectivity index (χ4v) is 5.09. The highest BCUT2D eigenvalue weighted by Crippen LogP contribution is 2.40. The number of anilines is 1. The molecule has 172 valence electrons. The molecule has 2 unspecified atom stereocenters. The zero-order valence-electron chi connectivity index (χ0n) is 18.9. The van der Waals surface area contributed by atoms with Crippen LogP contribution in [-0.2, 0) is 11.2 Å². The maximum Gasteiger partial charge on any atom is 0.223 e. The number of nitrogens with one attached hydrogen (secondary N) is 1. The van der Waals surface area contributed by atoms with Crippen molar-refractivity contribution < 1.29 is 14.3 Å². The molecule has 9 nitrogen and oxygen atoms in total. The lowest BCUT2D eigenvalue weighted by atomic mass is 9.68. The summed E-state index contributed by atoms with van der Waals surface area (Å²) < 4.78 is 6.29. The van der Waals surface area contributed by atoms with E-state index in [1.165, 1.54) is 0 Å². The second-order valence-corrected chi connectivity index (χ2v) is 9.42. The molecule has 0 saturated carbocycles. The van der Waals surface area contributed by atoms with Gasteiger partial charge >= 0.3 is 0 Å². The Kier molecular flexibility index (Phi) is 5.26. The third-order valence-electron chi connectivity index (χ3n) is 7.18. The van der Waals surface area contributed by atoms with E-state index in [-0.39, 0.29) is 11.8 Å². The monoisotopic (exact) mass is 448 g/mol. The van der Waals surface area contributed by atoms with Gasteiger partial charge in [-0.25, -0.2) is 15.0 Å². The number of Topliss-reactive ketones (excluding diaryl/α,β-unsaturated/α-hetero) is 1. The quantitative estimate of drug-likeness (QED) is 0.593. The van der Waals surface area contributed by atoms with Gasteiger partial charge in [0.25, 0.3) is 0 Å². The number of benzene rings is 1. The first-order valence-corrected chi connectivity index (χ1v) is 11.4. The van der Waals surface area contributed by atoms with Crippen molar-refractivity contribution in [1.29, 1.82) is 0 Å². The summed E-state index contributed by atoms with van der Waals surface area (Å²) >= 11 is 0. The molecule has 3 N–H and O–H groups in total. The lowest BCUT2D eigenvalue weighted by Crippen LogP contribution is -2.44. The van der Waals surface area contributed by atoms with E-state index in [1.807, 2.05) is 18.2 Å². The van der Waals surface area contributed by atoms with Crippen molar-refractivity contribution in [1.82, 2.24) is 19.9 Å². The highest BCUT2D eigenvalue weighted by Gasteiger charge is 2.43. The summed E-state index contributed by atoms with van der Waals surface area (Å²) in [4.78, 5) is 43.5.